The van der Waals surface area contributed by atoms with Crippen molar-refractivity contribution < 1.29 is 25.2 Å². The normalized spacial score (nSPS) is 14.3. The van der Waals surface area contributed by atoms with Gasteiger partial charge >= 0.3 is 0 Å². The average Bonchev–Trinajstić information content (AvgIpc) is 3.20. The molecule has 0 saturated heterocycles. The SMILES string of the molecule is CCCCCCCCCC/C=C\CCCCCCCCC(O)C(=O)NC(CO)C(O)C(O)CCC/C=C/CC/C=C/CCCCCCCCCCCCCCC. The molecule has 0 aliphatic heterocycles. The summed E-state index contributed by atoms with van der Waals surface area (Å²) in [5, 5.41) is 43.8. The van der Waals surface area contributed by atoms with Crippen LogP contribution in [0.25, 0.3) is 0 Å². The molecule has 0 heterocycles. The Morgan fingerprint density at radius 2 is 0.750 bits per heavy atom. The fraction of sp³-hybridized carbons (Fsp3) is 0.860. The third kappa shape index (κ3) is 38.1. The molecule has 5 N–H and O–H groups in total. The average molecular weight is 790 g/mol. The number of hydrogen-bond acceptors (Lipinski definition) is 5. The number of hydrogen-bond donors (Lipinski definition) is 5. The maximum Gasteiger partial charge on any atom is 0.249 e. The van der Waals surface area contributed by atoms with Crippen molar-refractivity contribution in [3.05, 3.63) is 36.5 Å². The molecule has 56 heavy (non-hydrogen) atoms. The number of aliphatic hydroxyl groups excluding tert-OH is 4. The highest BCUT2D eigenvalue weighted by Crippen LogP contribution is 2.15. The van der Waals surface area contributed by atoms with Crippen molar-refractivity contribution in [2.24, 2.45) is 0 Å². The number of carbonyl (C=O) groups excluding carboxylic acids is 1. The summed E-state index contributed by atoms with van der Waals surface area (Å²) in [5.41, 5.74) is 0. The Labute approximate surface area is 347 Å². The van der Waals surface area contributed by atoms with E-state index in [0.717, 1.165) is 51.4 Å². The van der Waals surface area contributed by atoms with Gasteiger partial charge in [0.25, 0.3) is 0 Å². The standard InChI is InChI=1S/C50H95NO5/c1-3-5-7-9-11-13-15-17-19-21-23-24-25-26-28-29-31-33-35-37-39-41-43-47(53)49(55)46(45-52)51-50(56)48(54)44-42-40-38-36-34-32-30-27-22-20-18-16-14-12-10-8-6-4-2/h22,27-29,35,37,46-49,52-55H,3-21,23-26,30-34,36,38-45H2,1-2H3,(H,51,56)/b27-22-,29-28+,37-35+. The molecule has 6 heteroatoms. The van der Waals surface area contributed by atoms with Gasteiger partial charge < -0.3 is 25.7 Å². The van der Waals surface area contributed by atoms with Gasteiger partial charge in [-0.25, -0.2) is 0 Å². The fourth-order valence-corrected chi connectivity index (χ4v) is 7.42. The summed E-state index contributed by atoms with van der Waals surface area (Å²) in [5.74, 6) is -0.601. The summed E-state index contributed by atoms with van der Waals surface area (Å²) in [4.78, 5) is 12.5. The Balaban J connectivity index is 3.77. The van der Waals surface area contributed by atoms with Crippen LogP contribution >= 0.6 is 0 Å². The Bertz CT molecular complexity index is 889. The van der Waals surface area contributed by atoms with E-state index in [9.17, 15) is 25.2 Å². The van der Waals surface area contributed by atoms with Crippen LogP contribution in [0.4, 0.5) is 0 Å². The largest absolute Gasteiger partial charge is 0.394 e. The molecule has 4 atom stereocenters. The van der Waals surface area contributed by atoms with Crippen LogP contribution in [0.3, 0.4) is 0 Å². The van der Waals surface area contributed by atoms with E-state index in [2.05, 4.69) is 55.6 Å². The minimum atomic E-state index is -1.29. The Kier molecular flexibility index (Phi) is 43.5. The summed E-state index contributed by atoms with van der Waals surface area (Å²) in [6.07, 6.45) is 53.3. The summed E-state index contributed by atoms with van der Waals surface area (Å²) < 4.78 is 0. The molecule has 0 saturated carbocycles. The molecule has 0 bridgehead atoms. The lowest BCUT2D eigenvalue weighted by atomic mass is 10.00. The quantitative estimate of drug-likeness (QED) is 0.0312. The highest BCUT2D eigenvalue weighted by atomic mass is 16.3. The molecule has 0 aliphatic rings. The van der Waals surface area contributed by atoms with Crippen molar-refractivity contribution in [3.63, 3.8) is 0 Å². The number of carbonyl (C=O) groups is 1. The van der Waals surface area contributed by atoms with Crippen molar-refractivity contribution in [2.45, 2.75) is 269 Å². The highest BCUT2D eigenvalue weighted by Gasteiger charge is 2.28. The van der Waals surface area contributed by atoms with E-state index in [1.807, 2.05) is 0 Å². The molecule has 4 unspecified atom stereocenters. The van der Waals surface area contributed by atoms with E-state index < -0.39 is 36.9 Å². The molecule has 0 rings (SSSR count). The van der Waals surface area contributed by atoms with E-state index in [0.29, 0.717) is 19.3 Å². The molecule has 330 valence electrons. The van der Waals surface area contributed by atoms with Crippen molar-refractivity contribution in [1.82, 2.24) is 5.32 Å². The van der Waals surface area contributed by atoms with Gasteiger partial charge in [-0.1, -0.05) is 204 Å². The minimum Gasteiger partial charge on any atom is -0.394 e. The third-order valence-electron chi connectivity index (χ3n) is 11.3. The van der Waals surface area contributed by atoms with Gasteiger partial charge in [0, 0.05) is 0 Å². The monoisotopic (exact) mass is 790 g/mol. The second-order valence-electron chi connectivity index (χ2n) is 16.8. The smallest absolute Gasteiger partial charge is 0.249 e. The van der Waals surface area contributed by atoms with Gasteiger partial charge in [-0.05, 0) is 77.0 Å². The van der Waals surface area contributed by atoms with Crippen LogP contribution in [-0.4, -0.2) is 57.3 Å². The maximum atomic E-state index is 12.5. The molecule has 0 aromatic heterocycles. The fourth-order valence-electron chi connectivity index (χ4n) is 7.42. The molecule has 0 aromatic carbocycles. The molecular weight excluding hydrogens is 695 g/mol. The van der Waals surface area contributed by atoms with Crippen LogP contribution in [0, 0.1) is 0 Å². The molecule has 0 radical (unpaired) electrons. The first kappa shape index (κ1) is 54.5. The van der Waals surface area contributed by atoms with Crippen LogP contribution in [0.15, 0.2) is 36.5 Å². The molecule has 0 aliphatic carbocycles. The summed E-state index contributed by atoms with van der Waals surface area (Å²) >= 11 is 0. The summed E-state index contributed by atoms with van der Waals surface area (Å²) in [6, 6.07) is -1.01. The predicted molar refractivity (Wildman–Crippen MR) is 242 cm³/mol. The first-order valence-electron chi connectivity index (χ1n) is 24.4. The highest BCUT2D eigenvalue weighted by molar-refractivity contribution is 5.80. The topological polar surface area (TPSA) is 110 Å². The summed E-state index contributed by atoms with van der Waals surface area (Å²) in [7, 11) is 0. The third-order valence-corrected chi connectivity index (χ3v) is 11.3. The van der Waals surface area contributed by atoms with Gasteiger partial charge in [0.2, 0.25) is 5.91 Å². The lowest BCUT2D eigenvalue weighted by Gasteiger charge is -2.27. The Morgan fingerprint density at radius 1 is 0.429 bits per heavy atom. The number of aliphatic hydroxyl groups is 4. The van der Waals surface area contributed by atoms with E-state index in [1.165, 1.54) is 161 Å². The second-order valence-corrected chi connectivity index (χ2v) is 16.8. The zero-order valence-corrected chi connectivity index (χ0v) is 37.1. The maximum absolute atomic E-state index is 12.5. The van der Waals surface area contributed by atoms with Gasteiger partial charge in [0.1, 0.15) is 12.2 Å². The lowest BCUT2D eigenvalue weighted by molar-refractivity contribution is -0.132. The van der Waals surface area contributed by atoms with Crippen LogP contribution in [0.2, 0.25) is 0 Å². The first-order chi connectivity index (χ1) is 27.5. The van der Waals surface area contributed by atoms with E-state index in [4.69, 9.17) is 0 Å². The van der Waals surface area contributed by atoms with Crippen molar-refractivity contribution in [1.29, 1.82) is 0 Å². The number of unbranched alkanes of at least 4 members (excludes halogenated alkanes) is 29. The predicted octanol–water partition coefficient (Wildman–Crippen LogP) is 13.3. The molecular formula is C50H95NO5. The van der Waals surface area contributed by atoms with Crippen molar-refractivity contribution >= 4 is 5.91 Å². The Morgan fingerprint density at radius 3 is 1.12 bits per heavy atom. The van der Waals surface area contributed by atoms with Crippen LogP contribution < -0.4 is 5.32 Å². The number of rotatable bonds is 44. The van der Waals surface area contributed by atoms with E-state index >= 15 is 0 Å². The first-order valence-corrected chi connectivity index (χ1v) is 24.4. The molecule has 0 spiro atoms. The van der Waals surface area contributed by atoms with Gasteiger partial charge in [0.15, 0.2) is 0 Å². The molecule has 6 nitrogen and oxygen atoms in total. The van der Waals surface area contributed by atoms with E-state index in [1.54, 1.807) is 0 Å². The number of nitrogens with one attached hydrogen (secondary N) is 1. The van der Waals surface area contributed by atoms with Crippen molar-refractivity contribution in [3.8, 4) is 0 Å². The zero-order valence-electron chi connectivity index (χ0n) is 37.1. The van der Waals surface area contributed by atoms with Gasteiger partial charge in [-0.2, -0.15) is 0 Å². The summed E-state index contributed by atoms with van der Waals surface area (Å²) in [6.45, 7) is 4.05. The lowest BCUT2D eigenvalue weighted by Crippen LogP contribution is -2.53. The Hall–Kier alpha value is -1.47. The zero-order chi connectivity index (χ0) is 41.0. The van der Waals surface area contributed by atoms with Crippen LogP contribution in [0.1, 0.15) is 245 Å². The number of allylic oxidation sites excluding steroid dienone is 6. The second kappa shape index (κ2) is 44.6. The minimum absolute atomic E-state index is 0.353. The molecule has 0 aromatic rings. The van der Waals surface area contributed by atoms with Gasteiger partial charge in [-0.15, -0.1) is 0 Å². The van der Waals surface area contributed by atoms with E-state index in [-0.39, 0.29) is 0 Å². The van der Waals surface area contributed by atoms with Crippen LogP contribution in [0.5, 0.6) is 0 Å². The molecule has 1 amide bonds. The number of amides is 1. The van der Waals surface area contributed by atoms with Gasteiger partial charge in [-0.3, -0.25) is 4.79 Å². The molecule has 0 fully saturated rings. The van der Waals surface area contributed by atoms with Crippen molar-refractivity contribution in [2.75, 3.05) is 6.61 Å². The van der Waals surface area contributed by atoms with Gasteiger partial charge in [0.05, 0.1) is 18.8 Å². The van der Waals surface area contributed by atoms with Crippen LogP contribution in [-0.2, 0) is 4.79 Å².